The number of ether oxygens (including phenoxy) is 1. The van der Waals surface area contributed by atoms with Crippen LogP contribution in [0, 0.1) is 17.2 Å². The van der Waals surface area contributed by atoms with Crippen molar-refractivity contribution in [1.29, 1.82) is 5.26 Å². The van der Waals surface area contributed by atoms with Gasteiger partial charge >= 0.3 is 0 Å². The molecule has 1 fully saturated rings. The molecule has 2 aromatic rings. The Labute approximate surface area is 165 Å². The number of nitrogens with zero attached hydrogens (tertiary/aromatic N) is 3. The van der Waals surface area contributed by atoms with E-state index in [0.29, 0.717) is 28.3 Å². The molecule has 0 saturated heterocycles. The van der Waals surface area contributed by atoms with Crippen molar-refractivity contribution in [2.45, 2.75) is 18.1 Å². The number of nitrogens with one attached hydrogen (secondary N) is 1. The Morgan fingerprint density at radius 2 is 2.29 bits per heavy atom. The number of carbonyl (C=O) groups is 1. The molecule has 2 heterocycles. The molecule has 1 aromatic carbocycles. The smallest absolute Gasteiger partial charge is 0.283 e. The number of anilines is 1. The minimum Gasteiger partial charge on any atom is -0.462 e. The van der Waals surface area contributed by atoms with Crippen molar-refractivity contribution in [3.8, 4) is 6.07 Å². The average Bonchev–Trinajstić information content (AvgIpc) is 3.48. The van der Waals surface area contributed by atoms with Gasteiger partial charge in [-0.25, -0.2) is 14.4 Å². The van der Waals surface area contributed by atoms with Gasteiger partial charge in [-0.3, -0.25) is 4.79 Å². The summed E-state index contributed by atoms with van der Waals surface area (Å²) in [5.41, 5.74) is 5.86. The molecule has 9 heteroatoms. The number of aliphatic imine (C=N–C) groups is 1. The SMILES string of the molecule is N#Cc1ccc(C(=O)Nc2ccc(Cl)c([C@]3(CF)N=C(N)OC4C[C@H]43)c2)nc1. The van der Waals surface area contributed by atoms with Gasteiger partial charge in [0.2, 0.25) is 0 Å². The molecular weight excluding hydrogens is 385 g/mol. The molecule has 2 aliphatic rings. The molecule has 1 unspecified atom stereocenters. The van der Waals surface area contributed by atoms with Crippen molar-refractivity contribution in [2.24, 2.45) is 16.6 Å². The second kappa shape index (κ2) is 6.77. The van der Waals surface area contributed by atoms with Gasteiger partial charge in [-0.1, -0.05) is 11.6 Å². The van der Waals surface area contributed by atoms with Crippen molar-refractivity contribution in [3.05, 3.63) is 58.4 Å². The lowest BCUT2D eigenvalue weighted by Gasteiger charge is -2.32. The third-order valence-electron chi connectivity index (χ3n) is 4.95. The Bertz CT molecular complexity index is 1020. The number of hydrogen-bond donors (Lipinski definition) is 2. The first-order valence-corrected chi connectivity index (χ1v) is 8.90. The molecule has 1 saturated carbocycles. The van der Waals surface area contributed by atoms with E-state index in [1.54, 1.807) is 18.2 Å². The van der Waals surface area contributed by atoms with E-state index in [1.807, 2.05) is 6.07 Å². The van der Waals surface area contributed by atoms with E-state index in [-0.39, 0.29) is 23.7 Å². The molecule has 1 aromatic heterocycles. The van der Waals surface area contributed by atoms with E-state index in [9.17, 15) is 9.18 Å². The minimum atomic E-state index is -1.22. The van der Waals surface area contributed by atoms with E-state index in [2.05, 4.69) is 15.3 Å². The second-order valence-corrected chi connectivity index (χ2v) is 7.11. The summed E-state index contributed by atoms with van der Waals surface area (Å²) >= 11 is 6.34. The molecule has 142 valence electrons. The van der Waals surface area contributed by atoms with Crippen LogP contribution in [0.2, 0.25) is 5.02 Å². The maximum absolute atomic E-state index is 14.2. The van der Waals surface area contributed by atoms with E-state index in [4.69, 9.17) is 27.3 Å². The normalized spacial score (nSPS) is 25.0. The summed E-state index contributed by atoms with van der Waals surface area (Å²) in [5, 5.41) is 11.8. The number of nitrogens with two attached hydrogens (primary N) is 1. The van der Waals surface area contributed by atoms with Crippen molar-refractivity contribution in [2.75, 3.05) is 12.0 Å². The molecule has 0 radical (unpaired) electrons. The molecule has 3 N–H and O–H groups in total. The topological polar surface area (TPSA) is 113 Å². The number of pyridine rings is 1. The fraction of sp³-hybridized carbons (Fsp3) is 0.263. The van der Waals surface area contributed by atoms with E-state index in [1.165, 1.54) is 18.3 Å². The summed E-state index contributed by atoms with van der Waals surface area (Å²) in [6.45, 7) is -0.785. The number of amides is 1. The number of fused-ring (bicyclic) bond motifs is 1. The van der Waals surface area contributed by atoms with E-state index < -0.39 is 18.1 Å². The molecule has 1 amide bonds. The highest BCUT2D eigenvalue weighted by atomic mass is 35.5. The van der Waals surface area contributed by atoms with Crippen LogP contribution in [0.3, 0.4) is 0 Å². The minimum absolute atomic E-state index is 0.0660. The summed E-state index contributed by atoms with van der Waals surface area (Å²) in [6, 6.07) is 9.61. The lowest BCUT2D eigenvalue weighted by atomic mass is 9.85. The maximum atomic E-state index is 14.2. The third-order valence-corrected chi connectivity index (χ3v) is 5.28. The Morgan fingerprint density at radius 1 is 1.46 bits per heavy atom. The molecular formula is C19H15ClFN5O2. The van der Waals surface area contributed by atoms with E-state index >= 15 is 0 Å². The summed E-state index contributed by atoms with van der Waals surface area (Å²) in [6.07, 6.45) is 1.77. The molecule has 1 aliphatic carbocycles. The fourth-order valence-corrected chi connectivity index (χ4v) is 3.73. The maximum Gasteiger partial charge on any atom is 0.283 e. The van der Waals surface area contributed by atoms with Gasteiger partial charge in [-0.05, 0) is 36.8 Å². The van der Waals surface area contributed by atoms with Gasteiger partial charge in [0.15, 0.2) is 0 Å². The quantitative estimate of drug-likeness (QED) is 0.820. The van der Waals surface area contributed by atoms with E-state index in [0.717, 1.165) is 0 Å². The number of alkyl halides is 1. The van der Waals surface area contributed by atoms with Gasteiger partial charge in [0.05, 0.1) is 5.56 Å². The first-order chi connectivity index (χ1) is 13.5. The second-order valence-electron chi connectivity index (χ2n) is 6.70. The average molecular weight is 400 g/mol. The van der Waals surface area contributed by atoms with Gasteiger partial charge in [0.1, 0.15) is 30.1 Å². The van der Waals surface area contributed by atoms with Crippen molar-refractivity contribution in [3.63, 3.8) is 0 Å². The molecule has 28 heavy (non-hydrogen) atoms. The van der Waals surface area contributed by atoms with Crippen molar-refractivity contribution < 1.29 is 13.9 Å². The zero-order valence-electron chi connectivity index (χ0n) is 14.5. The van der Waals surface area contributed by atoms with Crippen molar-refractivity contribution in [1.82, 2.24) is 4.98 Å². The summed E-state index contributed by atoms with van der Waals surface area (Å²) < 4.78 is 19.5. The number of halogens is 2. The van der Waals surface area contributed by atoms with Gasteiger partial charge in [-0.15, -0.1) is 0 Å². The highest BCUT2D eigenvalue weighted by Crippen LogP contribution is 2.54. The number of carbonyl (C=O) groups excluding carboxylic acids is 1. The predicted octanol–water partition coefficient (Wildman–Crippen LogP) is 2.76. The van der Waals surface area contributed by atoms with Crippen LogP contribution in [0.25, 0.3) is 0 Å². The Balaban J connectivity index is 1.65. The number of aromatic nitrogens is 1. The standard InChI is InChI=1S/C19H15ClFN5O2/c20-14-3-2-11(25-17(27)15-4-1-10(7-22)8-24-15)5-12(14)19(9-21)13-6-16(13)28-18(23)26-19/h1-5,8,13,16H,6,9H2,(H2,23,26)(H,25,27)/t13-,16?,19+/m1/s1. The highest BCUT2D eigenvalue weighted by Gasteiger charge is 2.59. The number of amidine groups is 1. The number of nitriles is 1. The Morgan fingerprint density at radius 3 is 2.96 bits per heavy atom. The molecule has 0 bridgehead atoms. The van der Waals surface area contributed by atoms with Gasteiger partial charge in [0.25, 0.3) is 11.9 Å². The molecule has 1 aliphatic heterocycles. The van der Waals surface area contributed by atoms with Crippen LogP contribution in [-0.2, 0) is 10.3 Å². The number of benzene rings is 1. The van der Waals surface area contributed by atoms with Crippen LogP contribution in [0.4, 0.5) is 10.1 Å². The first kappa shape index (κ1) is 18.2. The lowest BCUT2D eigenvalue weighted by molar-refractivity contribution is 0.102. The fourth-order valence-electron chi connectivity index (χ4n) is 3.45. The first-order valence-electron chi connectivity index (χ1n) is 8.52. The van der Waals surface area contributed by atoms with Crippen LogP contribution in [0.5, 0.6) is 0 Å². The predicted molar refractivity (Wildman–Crippen MR) is 101 cm³/mol. The van der Waals surface area contributed by atoms with Gasteiger partial charge < -0.3 is 15.8 Å². The summed E-state index contributed by atoms with van der Waals surface area (Å²) in [5.74, 6) is -0.625. The molecule has 0 spiro atoms. The third kappa shape index (κ3) is 3.04. The molecule has 3 atom stereocenters. The van der Waals surface area contributed by atoms with Crippen LogP contribution >= 0.6 is 11.6 Å². The Hall–Kier alpha value is -3.18. The number of hydrogen-bond acceptors (Lipinski definition) is 6. The van der Waals surface area contributed by atoms with Crippen LogP contribution in [0.1, 0.15) is 28.0 Å². The van der Waals surface area contributed by atoms with Gasteiger partial charge in [0, 0.05) is 28.4 Å². The Kier molecular flexibility index (Phi) is 4.40. The summed E-state index contributed by atoms with van der Waals surface area (Å²) in [7, 11) is 0. The highest BCUT2D eigenvalue weighted by molar-refractivity contribution is 6.31. The zero-order valence-corrected chi connectivity index (χ0v) is 15.3. The zero-order chi connectivity index (χ0) is 19.9. The monoisotopic (exact) mass is 399 g/mol. The molecule has 7 nitrogen and oxygen atoms in total. The van der Waals surface area contributed by atoms with Crippen LogP contribution in [0.15, 0.2) is 41.5 Å². The summed E-state index contributed by atoms with van der Waals surface area (Å²) in [4.78, 5) is 20.6. The lowest BCUT2D eigenvalue weighted by Crippen LogP contribution is -2.39. The number of rotatable bonds is 4. The van der Waals surface area contributed by atoms with Gasteiger partial charge in [-0.2, -0.15) is 5.26 Å². The largest absolute Gasteiger partial charge is 0.462 e. The van der Waals surface area contributed by atoms with Crippen molar-refractivity contribution >= 4 is 29.2 Å². The van der Waals surface area contributed by atoms with Crippen LogP contribution in [-0.4, -0.2) is 29.7 Å². The molecule has 4 rings (SSSR count). The van der Waals surface area contributed by atoms with Crippen LogP contribution < -0.4 is 11.1 Å².